The van der Waals surface area contributed by atoms with E-state index >= 15 is 0 Å². The standard InChI is InChI=1S/C10H16N2O/c11-9(5-2-4-8-13)10-6-1-3-7-12-10/h1,3,6-7,9,13H,2,4-5,8,11H2. The summed E-state index contributed by atoms with van der Waals surface area (Å²) in [4.78, 5) is 4.17. The third-order valence-electron chi connectivity index (χ3n) is 1.99. The Morgan fingerprint density at radius 3 is 2.85 bits per heavy atom. The average Bonchev–Trinajstić information content (AvgIpc) is 2.19. The lowest BCUT2D eigenvalue weighted by atomic mass is 10.1. The molecule has 0 radical (unpaired) electrons. The molecule has 1 heterocycles. The maximum atomic E-state index is 8.59. The van der Waals surface area contributed by atoms with Gasteiger partial charge in [0.2, 0.25) is 0 Å². The summed E-state index contributed by atoms with van der Waals surface area (Å²) in [7, 11) is 0. The zero-order valence-corrected chi connectivity index (χ0v) is 7.69. The van der Waals surface area contributed by atoms with Gasteiger partial charge in [-0.1, -0.05) is 6.07 Å². The van der Waals surface area contributed by atoms with Crippen LogP contribution in [0, 0.1) is 0 Å². The van der Waals surface area contributed by atoms with Gasteiger partial charge < -0.3 is 10.8 Å². The first-order valence-electron chi connectivity index (χ1n) is 4.62. The minimum atomic E-state index is 0.00718. The van der Waals surface area contributed by atoms with Gasteiger partial charge in [0, 0.05) is 18.8 Å². The molecule has 0 aliphatic carbocycles. The van der Waals surface area contributed by atoms with Gasteiger partial charge in [0.05, 0.1) is 5.69 Å². The molecule has 1 aromatic heterocycles. The number of nitrogens with two attached hydrogens (primary N) is 1. The SMILES string of the molecule is NC(CCCCO)c1ccccn1. The van der Waals surface area contributed by atoms with Crippen LogP contribution in [-0.2, 0) is 0 Å². The van der Waals surface area contributed by atoms with Gasteiger partial charge in [-0.3, -0.25) is 4.98 Å². The van der Waals surface area contributed by atoms with Crippen LogP contribution in [0.3, 0.4) is 0 Å². The number of aliphatic hydroxyl groups excluding tert-OH is 1. The van der Waals surface area contributed by atoms with E-state index in [0.29, 0.717) is 0 Å². The van der Waals surface area contributed by atoms with Crippen molar-refractivity contribution >= 4 is 0 Å². The summed E-state index contributed by atoms with van der Waals surface area (Å²) < 4.78 is 0. The van der Waals surface area contributed by atoms with Gasteiger partial charge in [-0.2, -0.15) is 0 Å². The van der Waals surface area contributed by atoms with Crippen LogP contribution < -0.4 is 5.73 Å². The Morgan fingerprint density at radius 2 is 2.23 bits per heavy atom. The number of nitrogens with zero attached hydrogens (tertiary/aromatic N) is 1. The van der Waals surface area contributed by atoms with E-state index in [-0.39, 0.29) is 12.6 Å². The van der Waals surface area contributed by atoms with Gasteiger partial charge in [-0.15, -0.1) is 0 Å². The summed E-state index contributed by atoms with van der Waals surface area (Å²) >= 11 is 0. The van der Waals surface area contributed by atoms with Crippen molar-refractivity contribution in [1.82, 2.24) is 4.98 Å². The lowest BCUT2D eigenvalue weighted by Crippen LogP contribution is -2.11. The minimum absolute atomic E-state index is 0.00718. The maximum absolute atomic E-state index is 8.59. The predicted octanol–water partition coefficient (Wildman–Crippen LogP) is 1.24. The molecule has 72 valence electrons. The third-order valence-corrected chi connectivity index (χ3v) is 1.99. The Hall–Kier alpha value is -0.930. The Morgan fingerprint density at radius 1 is 1.38 bits per heavy atom. The molecule has 1 rings (SSSR count). The Balaban J connectivity index is 2.35. The molecule has 0 aliphatic rings. The molecule has 0 bridgehead atoms. The maximum Gasteiger partial charge on any atom is 0.0570 e. The fourth-order valence-corrected chi connectivity index (χ4v) is 1.22. The van der Waals surface area contributed by atoms with Gasteiger partial charge in [0.25, 0.3) is 0 Å². The zero-order valence-electron chi connectivity index (χ0n) is 7.69. The van der Waals surface area contributed by atoms with Crippen molar-refractivity contribution < 1.29 is 5.11 Å². The molecule has 3 heteroatoms. The van der Waals surface area contributed by atoms with Crippen molar-refractivity contribution in [2.75, 3.05) is 6.61 Å². The van der Waals surface area contributed by atoms with Crippen LogP contribution in [-0.4, -0.2) is 16.7 Å². The molecule has 0 spiro atoms. The molecule has 1 aromatic rings. The number of rotatable bonds is 5. The Labute approximate surface area is 78.6 Å². The van der Waals surface area contributed by atoms with Crippen LogP contribution in [0.5, 0.6) is 0 Å². The Bertz CT molecular complexity index is 226. The third kappa shape index (κ3) is 3.53. The predicted molar refractivity (Wildman–Crippen MR) is 52.1 cm³/mol. The molecule has 0 aromatic carbocycles. The average molecular weight is 180 g/mol. The molecule has 0 fully saturated rings. The van der Waals surface area contributed by atoms with Crippen molar-refractivity contribution in [3.05, 3.63) is 30.1 Å². The molecule has 3 N–H and O–H groups in total. The van der Waals surface area contributed by atoms with Crippen LogP contribution in [0.25, 0.3) is 0 Å². The molecular formula is C10H16N2O. The number of aliphatic hydroxyl groups is 1. The second-order valence-corrected chi connectivity index (χ2v) is 3.08. The molecule has 0 amide bonds. The van der Waals surface area contributed by atoms with Gasteiger partial charge in [0.15, 0.2) is 0 Å². The summed E-state index contributed by atoms with van der Waals surface area (Å²) in [5, 5.41) is 8.59. The van der Waals surface area contributed by atoms with Gasteiger partial charge in [-0.05, 0) is 31.4 Å². The summed E-state index contributed by atoms with van der Waals surface area (Å²) in [5.41, 5.74) is 6.82. The largest absolute Gasteiger partial charge is 0.396 e. The molecular weight excluding hydrogens is 164 g/mol. The first-order valence-corrected chi connectivity index (χ1v) is 4.62. The van der Waals surface area contributed by atoms with Crippen molar-refractivity contribution in [2.45, 2.75) is 25.3 Å². The van der Waals surface area contributed by atoms with E-state index in [4.69, 9.17) is 10.8 Å². The van der Waals surface area contributed by atoms with E-state index < -0.39 is 0 Å². The highest BCUT2D eigenvalue weighted by atomic mass is 16.2. The van der Waals surface area contributed by atoms with Crippen molar-refractivity contribution in [2.24, 2.45) is 5.73 Å². The summed E-state index contributed by atoms with van der Waals surface area (Å²) in [6.45, 7) is 0.245. The van der Waals surface area contributed by atoms with Crippen molar-refractivity contribution in [3.63, 3.8) is 0 Å². The first-order chi connectivity index (χ1) is 6.34. The number of hydrogen-bond acceptors (Lipinski definition) is 3. The van der Waals surface area contributed by atoms with Crippen LogP contribution in [0.2, 0.25) is 0 Å². The smallest absolute Gasteiger partial charge is 0.0570 e. The summed E-state index contributed by atoms with van der Waals surface area (Å²) in [6.07, 6.45) is 4.41. The highest BCUT2D eigenvalue weighted by molar-refractivity contribution is 5.07. The zero-order chi connectivity index (χ0) is 9.52. The fourth-order valence-electron chi connectivity index (χ4n) is 1.22. The van der Waals surface area contributed by atoms with Crippen LogP contribution in [0.4, 0.5) is 0 Å². The van der Waals surface area contributed by atoms with Gasteiger partial charge >= 0.3 is 0 Å². The molecule has 0 saturated carbocycles. The first kappa shape index (κ1) is 10.2. The van der Waals surface area contributed by atoms with E-state index in [1.165, 1.54) is 0 Å². The number of pyridine rings is 1. The van der Waals surface area contributed by atoms with Crippen LogP contribution in [0.1, 0.15) is 31.0 Å². The number of aromatic nitrogens is 1. The Kier molecular flexibility index (Phi) is 4.43. The monoisotopic (exact) mass is 180 g/mol. The van der Waals surface area contributed by atoms with Gasteiger partial charge in [0.1, 0.15) is 0 Å². The molecule has 3 nitrogen and oxygen atoms in total. The lowest BCUT2D eigenvalue weighted by Gasteiger charge is -2.09. The summed E-state index contributed by atoms with van der Waals surface area (Å²) in [5.74, 6) is 0. The quantitative estimate of drug-likeness (QED) is 0.670. The topological polar surface area (TPSA) is 59.1 Å². The fraction of sp³-hybridized carbons (Fsp3) is 0.500. The van der Waals surface area contributed by atoms with Gasteiger partial charge in [-0.25, -0.2) is 0 Å². The van der Waals surface area contributed by atoms with Crippen molar-refractivity contribution in [1.29, 1.82) is 0 Å². The second-order valence-electron chi connectivity index (χ2n) is 3.08. The molecule has 0 saturated heterocycles. The lowest BCUT2D eigenvalue weighted by molar-refractivity contribution is 0.281. The molecule has 13 heavy (non-hydrogen) atoms. The van der Waals surface area contributed by atoms with E-state index in [1.54, 1.807) is 6.20 Å². The highest BCUT2D eigenvalue weighted by Gasteiger charge is 2.05. The molecule has 1 unspecified atom stereocenters. The molecule has 1 atom stereocenters. The van der Waals surface area contributed by atoms with E-state index in [0.717, 1.165) is 25.0 Å². The molecule has 0 aliphatic heterocycles. The van der Waals surface area contributed by atoms with E-state index in [2.05, 4.69) is 4.98 Å². The second kappa shape index (κ2) is 5.67. The van der Waals surface area contributed by atoms with Crippen LogP contribution in [0.15, 0.2) is 24.4 Å². The van der Waals surface area contributed by atoms with E-state index in [9.17, 15) is 0 Å². The van der Waals surface area contributed by atoms with E-state index in [1.807, 2.05) is 18.2 Å². The van der Waals surface area contributed by atoms with Crippen LogP contribution >= 0.6 is 0 Å². The van der Waals surface area contributed by atoms with Crippen molar-refractivity contribution in [3.8, 4) is 0 Å². The summed E-state index contributed by atoms with van der Waals surface area (Å²) in [6, 6.07) is 5.76. The number of unbranched alkanes of at least 4 members (excludes halogenated alkanes) is 1. The number of hydrogen-bond donors (Lipinski definition) is 2. The minimum Gasteiger partial charge on any atom is -0.396 e. The normalized spacial score (nSPS) is 12.8. The highest BCUT2D eigenvalue weighted by Crippen LogP contribution is 2.13.